The van der Waals surface area contributed by atoms with Crippen LogP contribution in [-0.2, 0) is 13.0 Å². The zero-order valence-corrected chi connectivity index (χ0v) is 15.1. The molecule has 0 saturated carbocycles. The minimum absolute atomic E-state index is 0.109. The lowest BCUT2D eigenvalue weighted by molar-refractivity contribution is 0.0951. The van der Waals surface area contributed by atoms with Crippen molar-refractivity contribution in [1.82, 2.24) is 10.3 Å². The van der Waals surface area contributed by atoms with Crippen molar-refractivity contribution in [3.05, 3.63) is 64.0 Å². The molecule has 1 N–H and O–H groups in total. The van der Waals surface area contributed by atoms with Crippen LogP contribution in [0.5, 0.6) is 11.5 Å². The largest absolute Gasteiger partial charge is 0.454 e. The molecule has 3 aromatic rings. The van der Waals surface area contributed by atoms with E-state index < -0.39 is 0 Å². The van der Waals surface area contributed by atoms with Gasteiger partial charge in [-0.15, -0.1) is 11.3 Å². The molecule has 0 aliphatic carbocycles. The fourth-order valence-corrected chi connectivity index (χ4v) is 3.49. The molecule has 26 heavy (non-hydrogen) atoms. The van der Waals surface area contributed by atoms with Gasteiger partial charge in [0.2, 0.25) is 6.79 Å². The molecule has 0 unspecified atom stereocenters. The lowest BCUT2D eigenvalue weighted by atomic mass is 10.1. The van der Waals surface area contributed by atoms with E-state index in [0.717, 1.165) is 39.7 Å². The third-order valence-corrected chi connectivity index (χ3v) is 5.18. The lowest BCUT2D eigenvalue weighted by Gasteiger charge is -2.07. The van der Waals surface area contributed by atoms with Gasteiger partial charge in [0.15, 0.2) is 11.5 Å². The Morgan fingerprint density at radius 3 is 2.73 bits per heavy atom. The predicted molar refractivity (Wildman–Crippen MR) is 101 cm³/mol. The normalized spacial score (nSPS) is 12.2. The van der Waals surface area contributed by atoms with E-state index in [4.69, 9.17) is 9.47 Å². The van der Waals surface area contributed by atoms with Gasteiger partial charge in [0, 0.05) is 23.1 Å². The van der Waals surface area contributed by atoms with E-state index in [1.54, 1.807) is 11.3 Å². The number of rotatable bonds is 5. The van der Waals surface area contributed by atoms with E-state index >= 15 is 0 Å². The van der Waals surface area contributed by atoms with Crippen LogP contribution in [0.3, 0.4) is 0 Å². The van der Waals surface area contributed by atoms with Gasteiger partial charge in [0.25, 0.3) is 5.91 Å². The highest BCUT2D eigenvalue weighted by atomic mass is 32.1. The third kappa shape index (κ3) is 3.41. The smallest absolute Gasteiger partial charge is 0.251 e. The van der Waals surface area contributed by atoms with Crippen LogP contribution in [0.15, 0.2) is 47.8 Å². The van der Waals surface area contributed by atoms with Gasteiger partial charge in [-0.25, -0.2) is 4.98 Å². The molecule has 0 spiro atoms. The topological polar surface area (TPSA) is 60.5 Å². The number of hydrogen-bond donors (Lipinski definition) is 1. The Balaban J connectivity index is 1.40. The Labute approximate surface area is 155 Å². The quantitative estimate of drug-likeness (QED) is 0.741. The van der Waals surface area contributed by atoms with E-state index in [0.29, 0.717) is 12.1 Å². The fraction of sp³-hybridized carbons (Fsp3) is 0.200. The summed E-state index contributed by atoms with van der Waals surface area (Å²) in [6, 6.07) is 13.2. The molecule has 0 bridgehead atoms. The first-order valence-electron chi connectivity index (χ1n) is 8.44. The van der Waals surface area contributed by atoms with Crippen LogP contribution in [0.4, 0.5) is 0 Å². The highest BCUT2D eigenvalue weighted by Gasteiger charge is 2.14. The maximum absolute atomic E-state index is 12.4. The van der Waals surface area contributed by atoms with Gasteiger partial charge < -0.3 is 14.8 Å². The molecule has 4 rings (SSSR count). The summed E-state index contributed by atoms with van der Waals surface area (Å²) < 4.78 is 10.6. The Morgan fingerprint density at radius 1 is 1.15 bits per heavy atom. The Hall–Kier alpha value is -2.86. The maximum atomic E-state index is 12.4. The van der Waals surface area contributed by atoms with Gasteiger partial charge in [0.1, 0.15) is 0 Å². The number of nitrogens with one attached hydrogen (secondary N) is 1. The molecule has 2 aromatic carbocycles. The van der Waals surface area contributed by atoms with Gasteiger partial charge in [0.05, 0.1) is 10.7 Å². The Kier molecular flexibility index (Phi) is 4.58. The average Bonchev–Trinajstić information content (AvgIpc) is 3.35. The van der Waals surface area contributed by atoms with Crippen LogP contribution in [0.25, 0.3) is 11.3 Å². The Morgan fingerprint density at radius 2 is 1.96 bits per heavy atom. The monoisotopic (exact) mass is 366 g/mol. The van der Waals surface area contributed by atoms with Gasteiger partial charge in [-0.1, -0.05) is 25.1 Å². The molecule has 0 fully saturated rings. The third-order valence-electron chi connectivity index (χ3n) is 4.19. The molecule has 1 amide bonds. The van der Waals surface area contributed by atoms with E-state index in [1.807, 2.05) is 47.8 Å². The molecule has 0 atom stereocenters. The second kappa shape index (κ2) is 7.17. The molecular weight excluding hydrogens is 348 g/mol. The molecule has 6 heteroatoms. The first-order valence-corrected chi connectivity index (χ1v) is 9.32. The van der Waals surface area contributed by atoms with Crippen molar-refractivity contribution >= 4 is 17.2 Å². The summed E-state index contributed by atoms with van der Waals surface area (Å²) in [5.41, 5.74) is 3.57. The van der Waals surface area contributed by atoms with Crippen molar-refractivity contribution in [3.63, 3.8) is 0 Å². The molecule has 132 valence electrons. The average molecular weight is 366 g/mol. The van der Waals surface area contributed by atoms with Gasteiger partial charge in [-0.05, 0) is 36.2 Å². The summed E-state index contributed by atoms with van der Waals surface area (Å²) in [6.07, 6.45) is 0.936. The van der Waals surface area contributed by atoms with Crippen molar-refractivity contribution in [2.75, 3.05) is 6.79 Å². The second-order valence-electron chi connectivity index (χ2n) is 5.93. The number of nitrogens with zero attached hydrogens (tertiary/aromatic N) is 1. The van der Waals surface area contributed by atoms with Crippen LogP contribution in [-0.4, -0.2) is 17.7 Å². The van der Waals surface area contributed by atoms with Gasteiger partial charge in [-0.2, -0.15) is 0 Å². The number of aryl methyl sites for hydroxylation is 1. The zero-order valence-electron chi connectivity index (χ0n) is 14.3. The molecular formula is C20H18N2O3S. The number of amides is 1. The van der Waals surface area contributed by atoms with Crippen molar-refractivity contribution in [3.8, 4) is 22.8 Å². The maximum Gasteiger partial charge on any atom is 0.251 e. The second-order valence-corrected chi connectivity index (χ2v) is 6.87. The zero-order chi connectivity index (χ0) is 17.9. The van der Waals surface area contributed by atoms with Crippen molar-refractivity contribution < 1.29 is 14.3 Å². The standard InChI is InChI=1S/C20H18N2O3S/c1-2-19-22-16(11-26-19)14-4-6-15(7-5-14)20(23)21-10-13-3-8-17-18(9-13)25-12-24-17/h3-9,11H,2,10,12H2,1H3,(H,21,23). The van der Waals surface area contributed by atoms with Crippen molar-refractivity contribution in [2.24, 2.45) is 0 Å². The summed E-state index contributed by atoms with van der Waals surface area (Å²) in [7, 11) is 0. The van der Waals surface area contributed by atoms with E-state index in [-0.39, 0.29) is 12.7 Å². The van der Waals surface area contributed by atoms with Crippen molar-refractivity contribution in [1.29, 1.82) is 0 Å². The molecule has 0 saturated heterocycles. The summed E-state index contributed by atoms with van der Waals surface area (Å²) in [4.78, 5) is 16.9. The summed E-state index contributed by atoms with van der Waals surface area (Å²) >= 11 is 1.66. The van der Waals surface area contributed by atoms with E-state index in [2.05, 4.69) is 17.2 Å². The predicted octanol–water partition coefficient (Wildman–Crippen LogP) is 4.03. The van der Waals surface area contributed by atoms with Crippen LogP contribution in [0.2, 0.25) is 0 Å². The molecule has 1 aliphatic heterocycles. The van der Waals surface area contributed by atoms with Crippen LogP contribution in [0.1, 0.15) is 27.9 Å². The van der Waals surface area contributed by atoms with E-state index in [1.165, 1.54) is 0 Å². The number of carbonyl (C=O) groups is 1. The summed E-state index contributed by atoms with van der Waals surface area (Å²) in [5.74, 6) is 1.35. The molecule has 0 radical (unpaired) electrons. The fourth-order valence-electron chi connectivity index (χ4n) is 2.73. The summed E-state index contributed by atoms with van der Waals surface area (Å²) in [6.45, 7) is 2.77. The minimum atomic E-state index is -0.109. The number of benzene rings is 2. The highest BCUT2D eigenvalue weighted by Crippen LogP contribution is 2.32. The number of thiazole rings is 1. The minimum Gasteiger partial charge on any atom is -0.454 e. The number of hydrogen-bond acceptors (Lipinski definition) is 5. The first kappa shape index (κ1) is 16.6. The van der Waals surface area contributed by atoms with Gasteiger partial charge in [-0.3, -0.25) is 4.79 Å². The van der Waals surface area contributed by atoms with E-state index in [9.17, 15) is 4.79 Å². The highest BCUT2D eigenvalue weighted by molar-refractivity contribution is 7.09. The van der Waals surface area contributed by atoms with Crippen molar-refractivity contribution in [2.45, 2.75) is 19.9 Å². The molecule has 5 nitrogen and oxygen atoms in total. The van der Waals surface area contributed by atoms with Crippen LogP contribution >= 0.6 is 11.3 Å². The first-order chi connectivity index (χ1) is 12.7. The number of carbonyl (C=O) groups excluding carboxylic acids is 1. The van der Waals surface area contributed by atoms with Gasteiger partial charge >= 0.3 is 0 Å². The molecule has 1 aliphatic rings. The lowest BCUT2D eigenvalue weighted by Crippen LogP contribution is -2.22. The molecule has 1 aromatic heterocycles. The molecule has 2 heterocycles. The number of aromatic nitrogens is 1. The summed E-state index contributed by atoms with van der Waals surface area (Å²) in [5, 5.41) is 6.10. The van der Waals surface area contributed by atoms with Crippen LogP contribution < -0.4 is 14.8 Å². The Bertz CT molecular complexity index is 934. The number of ether oxygens (including phenoxy) is 2. The van der Waals surface area contributed by atoms with Crippen LogP contribution in [0, 0.1) is 0 Å². The SMILES string of the molecule is CCc1nc(-c2ccc(C(=O)NCc3ccc4c(c3)OCO4)cc2)cs1. The number of fused-ring (bicyclic) bond motifs is 1.